The number of carbonyl (C=O) groups excluding carboxylic acids is 1. The van der Waals surface area contributed by atoms with Gasteiger partial charge in [-0.1, -0.05) is 53.7 Å². The Bertz CT molecular complexity index is 744. The number of ketones is 1. The number of hydrogen-bond donors (Lipinski definition) is 1. The molecule has 0 fully saturated rings. The summed E-state index contributed by atoms with van der Waals surface area (Å²) in [6, 6.07) is 15.6. The fourth-order valence-corrected chi connectivity index (χ4v) is 3.06. The minimum atomic E-state index is -0.173. The first-order valence-electron chi connectivity index (χ1n) is 6.86. The van der Waals surface area contributed by atoms with Gasteiger partial charge in [0.1, 0.15) is 0 Å². The van der Waals surface area contributed by atoms with E-state index in [0.29, 0.717) is 0 Å². The first-order chi connectivity index (χ1) is 10.1. The Morgan fingerprint density at radius 2 is 1.86 bits per heavy atom. The zero-order valence-corrected chi connectivity index (χ0v) is 12.8. The number of fused-ring (bicyclic) bond motifs is 1. The highest BCUT2D eigenvalue weighted by atomic mass is 32.2. The van der Waals surface area contributed by atoms with Crippen LogP contribution in [0.2, 0.25) is 0 Å². The molecule has 0 aliphatic carbocycles. The van der Waals surface area contributed by atoms with E-state index in [9.17, 15) is 4.79 Å². The molecule has 1 unspecified atom stereocenters. The van der Waals surface area contributed by atoms with Crippen LogP contribution < -0.4 is 0 Å². The average molecular weight is 296 g/mol. The lowest BCUT2D eigenvalue weighted by Crippen LogP contribution is -2.13. The molecular weight excluding hydrogens is 280 g/mol. The first-order valence-corrected chi connectivity index (χ1v) is 7.74. The van der Waals surface area contributed by atoms with E-state index in [0.717, 1.165) is 27.3 Å². The molecule has 0 spiro atoms. The number of aromatic amines is 1. The van der Waals surface area contributed by atoms with Crippen LogP contribution in [0.1, 0.15) is 22.8 Å². The molecule has 1 N–H and O–H groups in total. The molecule has 3 aromatic rings. The highest BCUT2D eigenvalue weighted by molar-refractivity contribution is 8.00. The van der Waals surface area contributed by atoms with Gasteiger partial charge in [-0.25, -0.2) is 4.98 Å². The zero-order chi connectivity index (χ0) is 14.8. The number of carbonyl (C=O) groups is 1. The van der Waals surface area contributed by atoms with Gasteiger partial charge in [-0.05, 0) is 26.0 Å². The average Bonchev–Trinajstić information content (AvgIpc) is 2.89. The Morgan fingerprint density at radius 1 is 1.14 bits per heavy atom. The van der Waals surface area contributed by atoms with E-state index in [1.807, 2.05) is 62.4 Å². The summed E-state index contributed by atoms with van der Waals surface area (Å²) in [6.45, 7) is 3.93. The number of aromatic nitrogens is 2. The maximum atomic E-state index is 12.4. The molecule has 1 aromatic heterocycles. The van der Waals surface area contributed by atoms with Gasteiger partial charge in [0.25, 0.3) is 0 Å². The van der Waals surface area contributed by atoms with Crippen LogP contribution in [0.3, 0.4) is 0 Å². The minimum absolute atomic E-state index is 0.125. The number of benzene rings is 2. The van der Waals surface area contributed by atoms with Crippen molar-refractivity contribution < 1.29 is 4.79 Å². The third-order valence-electron chi connectivity index (χ3n) is 3.36. The summed E-state index contributed by atoms with van der Waals surface area (Å²) in [6.07, 6.45) is 0. The van der Waals surface area contributed by atoms with Crippen LogP contribution in [0.4, 0.5) is 0 Å². The van der Waals surface area contributed by atoms with Crippen LogP contribution >= 0.6 is 11.8 Å². The summed E-state index contributed by atoms with van der Waals surface area (Å²) in [4.78, 5) is 20.2. The Morgan fingerprint density at radius 3 is 2.57 bits per heavy atom. The Kier molecular flexibility index (Phi) is 3.80. The summed E-state index contributed by atoms with van der Waals surface area (Å²) < 4.78 is 0. The number of nitrogens with zero attached hydrogens (tertiary/aromatic N) is 1. The number of nitrogens with one attached hydrogen (secondary N) is 1. The predicted octanol–water partition coefficient (Wildman–Crippen LogP) is 4.23. The van der Waals surface area contributed by atoms with Crippen LogP contribution in [-0.4, -0.2) is 21.0 Å². The summed E-state index contributed by atoms with van der Waals surface area (Å²) in [5.74, 6) is 0.125. The number of H-pyrrole nitrogens is 1. The molecule has 0 bridgehead atoms. The van der Waals surface area contributed by atoms with Crippen molar-refractivity contribution in [2.45, 2.75) is 24.3 Å². The van der Waals surface area contributed by atoms with E-state index in [-0.39, 0.29) is 11.0 Å². The normalized spacial score (nSPS) is 12.5. The van der Waals surface area contributed by atoms with Crippen molar-refractivity contribution >= 4 is 28.6 Å². The van der Waals surface area contributed by atoms with Crippen molar-refractivity contribution in [2.24, 2.45) is 0 Å². The molecule has 106 valence electrons. The zero-order valence-electron chi connectivity index (χ0n) is 12.0. The number of Topliss-reactive ketones (excluding diaryl/α,β-unsaturated/α-hetero) is 1. The number of hydrogen-bond acceptors (Lipinski definition) is 3. The van der Waals surface area contributed by atoms with Gasteiger partial charge in [-0.2, -0.15) is 0 Å². The van der Waals surface area contributed by atoms with Gasteiger partial charge in [0.05, 0.1) is 16.3 Å². The third kappa shape index (κ3) is 3.00. The van der Waals surface area contributed by atoms with E-state index in [2.05, 4.69) is 9.97 Å². The molecule has 21 heavy (non-hydrogen) atoms. The number of imidazole rings is 1. The fraction of sp³-hybridized carbons (Fsp3) is 0.176. The SMILES string of the molecule is Cc1ccc(C(=O)C(C)Sc2nc3ccccc3[nH]2)cc1. The number of para-hydroxylation sites is 2. The second kappa shape index (κ2) is 5.74. The lowest BCUT2D eigenvalue weighted by molar-refractivity contribution is 0.0994. The lowest BCUT2D eigenvalue weighted by atomic mass is 10.1. The predicted molar refractivity (Wildman–Crippen MR) is 86.9 cm³/mol. The second-order valence-corrected chi connectivity index (χ2v) is 6.38. The fourth-order valence-electron chi connectivity index (χ4n) is 2.16. The van der Waals surface area contributed by atoms with E-state index in [1.54, 1.807) is 0 Å². The third-order valence-corrected chi connectivity index (χ3v) is 4.35. The Labute approximate surface area is 127 Å². The molecule has 2 aromatic carbocycles. The molecule has 3 rings (SSSR count). The van der Waals surface area contributed by atoms with Crippen LogP contribution in [0.5, 0.6) is 0 Å². The van der Waals surface area contributed by atoms with Gasteiger partial charge in [-0.15, -0.1) is 0 Å². The molecule has 0 saturated carbocycles. The Balaban J connectivity index is 1.77. The van der Waals surface area contributed by atoms with Crippen LogP contribution in [0.15, 0.2) is 53.7 Å². The quantitative estimate of drug-likeness (QED) is 0.578. The van der Waals surface area contributed by atoms with Gasteiger partial charge in [0, 0.05) is 5.56 Å². The van der Waals surface area contributed by atoms with Gasteiger partial charge in [-0.3, -0.25) is 4.79 Å². The number of thioether (sulfide) groups is 1. The first kappa shape index (κ1) is 13.9. The van der Waals surface area contributed by atoms with E-state index >= 15 is 0 Å². The van der Waals surface area contributed by atoms with Gasteiger partial charge < -0.3 is 4.98 Å². The van der Waals surface area contributed by atoms with E-state index in [4.69, 9.17) is 0 Å². The van der Waals surface area contributed by atoms with Crippen molar-refractivity contribution in [2.75, 3.05) is 0 Å². The maximum absolute atomic E-state index is 12.4. The van der Waals surface area contributed by atoms with E-state index in [1.165, 1.54) is 11.8 Å². The maximum Gasteiger partial charge on any atom is 0.175 e. The molecule has 0 saturated heterocycles. The second-order valence-electron chi connectivity index (χ2n) is 5.05. The largest absolute Gasteiger partial charge is 0.333 e. The van der Waals surface area contributed by atoms with Crippen LogP contribution in [-0.2, 0) is 0 Å². The van der Waals surface area contributed by atoms with Crippen molar-refractivity contribution in [3.63, 3.8) is 0 Å². The molecule has 3 nitrogen and oxygen atoms in total. The standard InChI is InChI=1S/C17H16N2OS/c1-11-7-9-13(10-8-11)16(20)12(2)21-17-18-14-5-3-4-6-15(14)19-17/h3-10,12H,1-2H3,(H,18,19). The molecular formula is C17H16N2OS. The van der Waals surface area contributed by atoms with Crippen molar-refractivity contribution in [1.29, 1.82) is 0 Å². The molecule has 1 heterocycles. The van der Waals surface area contributed by atoms with Crippen molar-refractivity contribution in [1.82, 2.24) is 9.97 Å². The van der Waals surface area contributed by atoms with Crippen LogP contribution in [0.25, 0.3) is 11.0 Å². The summed E-state index contributed by atoms with van der Waals surface area (Å²) in [5.41, 5.74) is 3.82. The molecule has 4 heteroatoms. The molecule has 0 aliphatic heterocycles. The molecule has 0 amide bonds. The van der Waals surface area contributed by atoms with Crippen LogP contribution in [0, 0.1) is 6.92 Å². The highest BCUT2D eigenvalue weighted by Gasteiger charge is 2.18. The van der Waals surface area contributed by atoms with Crippen molar-refractivity contribution in [3.8, 4) is 0 Å². The minimum Gasteiger partial charge on any atom is -0.333 e. The molecule has 1 atom stereocenters. The monoisotopic (exact) mass is 296 g/mol. The number of rotatable bonds is 4. The Hall–Kier alpha value is -2.07. The highest BCUT2D eigenvalue weighted by Crippen LogP contribution is 2.25. The van der Waals surface area contributed by atoms with Gasteiger partial charge in [0.15, 0.2) is 10.9 Å². The summed E-state index contributed by atoms with van der Waals surface area (Å²) >= 11 is 1.46. The van der Waals surface area contributed by atoms with Gasteiger partial charge >= 0.3 is 0 Å². The number of aryl methyl sites for hydroxylation is 1. The van der Waals surface area contributed by atoms with E-state index < -0.39 is 0 Å². The topological polar surface area (TPSA) is 45.8 Å². The summed E-state index contributed by atoms with van der Waals surface area (Å²) in [5, 5.41) is 0.609. The molecule has 0 radical (unpaired) electrons. The lowest BCUT2D eigenvalue weighted by Gasteiger charge is -2.08. The smallest absolute Gasteiger partial charge is 0.175 e. The van der Waals surface area contributed by atoms with Gasteiger partial charge in [0.2, 0.25) is 0 Å². The van der Waals surface area contributed by atoms with Crippen molar-refractivity contribution in [3.05, 3.63) is 59.7 Å². The summed E-state index contributed by atoms with van der Waals surface area (Å²) in [7, 11) is 0. The molecule has 0 aliphatic rings.